The zero-order valence-corrected chi connectivity index (χ0v) is 9.38. The number of nitrogens with one attached hydrogen (secondary N) is 1. The van der Waals surface area contributed by atoms with Gasteiger partial charge in [-0.25, -0.2) is 0 Å². The van der Waals surface area contributed by atoms with Crippen LogP contribution in [0.5, 0.6) is 0 Å². The van der Waals surface area contributed by atoms with Gasteiger partial charge in [0.15, 0.2) is 0 Å². The SMILES string of the molecule is CC(=O)NC[C@H](C)N1CCCCCC1. The minimum Gasteiger partial charge on any atom is -0.355 e. The first-order valence-electron chi connectivity index (χ1n) is 5.68. The second-order valence-electron chi connectivity index (χ2n) is 4.24. The Morgan fingerprint density at radius 2 is 1.86 bits per heavy atom. The van der Waals surface area contributed by atoms with Crippen LogP contribution in [0.2, 0.25) is 0 Å². The van der Waals surface area contributed by atoms with Gasteiger partial charge in [-0.2, -0.15) is 0 Å². The Morgan fingerprint density at radius 1 is 1.29 bits per heavy atom. The first-order chi connectivity index (χ1) is 6.70. The molecule has 3 heteroatoms. The zero-order chi connectivity index (χ0) is 10.4. The largest absolute Gasteiger partial charge is 0.355 e. The van der Waals surface area contributed by atoms with E-state index in [9.17, 15) is 4.79 Å². The first kappa shape index (κ1) is 11.5. The van der Waals surface area contributed by atoms with Gasteiger partial charge in [-0.3, -0.25) is 9.69 Å². The average Bonchev–Trinajstić information content (AvgIpc) is 2.42. The maximum Gasteiger partial charge on any atom is 0.216 e. The van der Waals surface area contributed by atoms with Crippen molar-refractivity contribution in [3.8, 4) is 0 Å². The van der Waals surface area contributed by atoms with Crippen molar-refractivity contribution in [2.24, 2.45) is 0 Å². The lowest BCUT2D eigenvalue weighted by atomic mass is 10.2. The Morgan fingerprint density at radius 3 is 2.36 bits per heavy atom. The quantitative estimate of drug-likeness (QED) is 0.743. The molecule has 3 nitrogen and oxygen atoms in total. The zero-order valence-electron chi connectivity index (χ0n) is 9.38. The fraction of sp³-hybridized carbons (Fsp3) is 0.909. The van der Waals surface area contributed by atoms with Gasteiger partial charge in [-0.1, -0.05) is 12.8 Å². The molecule has 1 saturated heterocycles. The summed E-state index contributed by atoms with van der Waals surface area (Å²) in [5.41, 5.74) is 0. The summed E-state index contributed by atoms with van der Waals surface area (Å²) in [6.07, 6.45) is 5.35. The Labute approximate surface area is 86.9 Å². The summed E-state index contributed by atoms with van der Waals surface area (Å²) in [4.78, 5) is 13.3. The van der Waals surface area contributed by atoms with E-state index in [0.717, 1.165) is 6.54 Å². The van der Waals surface area contributed by atoms with E-state index in [4.69, 9.17) is 0 Å². The van der Waals surface area contributed by atoms with E-state index in [1.54, 1.807) is 6.92 Å². The molecule has 0 aromatic rings. The summed E-state index contributed by atoms with van der Waals surface area (Å²) >= 11 is 0. The van der Waals surface area contributed by atoms with Crippen LogP contribution in [-0.4, -0.2) is 36.5 Å². The van der Waals surface area contributed by atoms with Crippen LogP contribution in [0.4, 0.5) is 0 Å². The van der Waals surface area contributed by atoms with Crippen molar-refractivity contribution in [3.05, 3.63) is 0 Å². The highest BCUT2D eigenvalue weighted by atomic mass is 16.1. The van der Waals surface area contributed by atoms with Crippen molar-refractivity contribution in [2.45, 2.75) is 45.6 Å². The van der Waals surface area contributed by atoms with Gasteiger partial charge in [-0.15, -0.1) is 0 Å². The van der Waals surface area contributed by atoms with Crippen LogP contribution in [-0.2, 0) is 4.79 Å². The number of hydrogen-bond donors (Lipinski definition) is 1. The third-order valence-electron chi connectivity index (χ3n) is 2.91. The standard InChI is InChI=1S/C11H22N2O/c1-10(9-12-11(2)14)13-7-5-3-4-6-8-13/h10H,3-9H2,1-2H3,(H,12,14)/t10-/m0/s1. The van der Waals surface area contributed by atoms with Crippen LogP contribution in [0.1, 0.15) is 39.5 Å². The van der Waals surface area contributed by atoms with E-state index >= 15 is 0 Å². The van der Waals surface area contributed by atoms with Crippen LogP contribution >= 0.6 is 0 Å². The number of amides is 1. The van der Waals surface area contributed by atoms with Crippen molar-refractivity contribution >= 4 is 5.91 Å². The minimum absolute atomic E-state index is 0.0756. The van der Waals surface area contributed by atoms with E-state index in [1.165, 1.54) is 38.8 Å². The number of carbonyl (C=O) groups is 1. The molecule has 0 spiro atoms. The number of rotatable bonds is 3. The summed E-state index contributed by atoms with van der Waals surface area (Å²) in [7, 11) is 0. The second kappa shape index (κ2) is 6.02. The molecule has 0 saturated carbocycles. The highest BCUT2D eigenvalue weighted by Crippen LogP contribution is 2.11. The van der Waals surface area contributed by atoms with Crippen LogP contribution in [0, 0.1) is 0 Å². The maximum atomic E-state index is 10.8. The van der Waals surface area contributed by atoms with Gasteiger partial charge in [0.25, 0.3) is 0 Å². The van der Waals surface area contributed by atoms with Gasteiger partial charge in [-0.05, 0) is 32.9 Å². The number of nitrogens with zero attached hydrogens (tertiary/aromatic N) is 1. The topological polar surface area (TPSA) is 32.3 Å². The van der Waals surface area contributed by atoms with Gasteiger partial charge >= 0.3 is 0 Å². The summed E-state index contributed by atoms with van der Waals surface area (Å²) in [5.74, 6) is 0.0756. The molecule has 1 N–H and O–H groups in total. The molecule has 0 aliphatic carbocycles. The highest BCUT2D eigenvalue weighted by molar-refractivity contribution is 5.72. The normalized spacial score (nSPS) is 21.3. The molecule has 1 amide bonds. The van der Waals surface area contributed by atoms with E-state index in [0.29, 0.717) is 6.04 Å². The van der Waals surface area contributed by atoms with Gasteiger partial charge in [0.2, 0.25) is 5.91 Å². The van der Waals surface area contributed by atoms with Gasteiger partial charge in [0, 0.05) is 19.5 Å². The van der Waals surface area contributed by atoms with Crippen LogP contribution in [0.15, 0.2) is 0 Å². The van der Waals surface area contributed by atoms with E-state index in [1.807, 2.05) is 0 Å². The molecule has 1 rings (SSSR count). The number of likely N-dealkylation sites (tertiary alicyclic amines) is 1. The minimum atomic E-state index is 0.0756. The number of carbonyl (C=O) groups excluding carboxylic acids is 1. The molecular weight excluding hydrogens is 176 g/mol. The molecular formula is C11H22N2O. The van der Waals surface area contributed by atoms with Crippen LogP contribution in [0.25, 0.3) is 0 Å². The third kappa shape index (κ3) is 4.09. The molecule has 0 radical (unpaired) electrons. The first-order valence-corrected chi connectivity index (χ1v) is 5.68. The molecule has 0 bridgehead atoms. The predicted molar refractivity (Wildman–Crippen MR) is 58.2 cm³/mol. The molecule has 0 aromatic carbocycles. The summed E-state index contributed by atoms with van der Waals surface area (Å²) < 4.78 is 0. The summed E-state index contributed by atoms with van der Waals surface area (Å²) in [6, 6.07) is 0.483. The van der Waals surface area contributed by atoms with Crippen molar-refractivity contribution in [2.75, 3.05) is 19.6 Å². The Hall–Kier alpha value is -0.570. The lowest BCUT2D eigenvalue weighted by molar-refractivity contribution is -0.119. The van der Waals surface area contributed by atoms with E-state index < -0.39 is 0 Å². The molecule has 1 heterocycles. The van der Waals surface area contributed by atoms with Crippen molar-refractivity contribution in [3.63, 3.8) is 0 Å². The van der Waals surface area contributed by atoms with Crippen LogP contribution in [0.3, 0.4) is 0 Å². The second-order valence-corrected chi connectivity index (χ2v) is 4.24. The van der Waals surface area contributed by atoms with E-state index in [-0.39, 0.29) is 5.91 Å². The van der Waals surface area contributed by atoms with Gasteiger partial charge in [0.1, 0.15) is 0 Å². The highest BCUT2D eigenvalue weighted by Gasteiger charge is 2.15. The fourth-order valence-corrected chi connectivity index (χ4v) is 1.96. The van der Waals surface area contributed by atoms with E-state index in [2.05, 4.69) is 17.1 Å². The monoisotopic (exact) mass is 198 g/mol. The Balaban J connectivity index is 2.26. The Bertz CT molecular complexity index is 174. The number of hydrogen-bond acceptors (Lipinski definition) is 2. The third-order valence-corrected chi connectivity index (χ3v) is 2.91. The molecule has 14 heavy (non-hydrogen) atoms. The van der Waals surface area contributed by atoms with Crippen molar-refractivity contribution < 1.29 is 4.79 Å². The summed E-state index contributed by atoms with van der Waals surface area (Å²) in [6.45, 7) is 6.95. The molecule has 0 unspecified atom stereocenters. The predicted octanol–water partition coefficient (Wildman–Crippen LogP) is 1.39. The smallest absolute Gasteiger partial charge is 0.216 e. The lowest BCUT2D eigenvalue weighted by Crippen LogP contribution is -2.42. The average molecular weight is 198 g/mol. The molecule has 0 aromatic heterocycles. The van der Waals surface area contributed by atoms with Crippen LogP contribution < -0.4 is 5.32 Å². The summed E-state index contributed by atoms with van der Waals surface area (Å²) in [5, 5.41) is 2.88. The lowest BCUT2D eigenvalue weighted by Gasteiger charge is -2.27. The molecule has 1 fully saturated rings. The van der Waals surface area contributed by atoms with Crippen molar-refractivity contribution in [1.29, 1.82) is 0 Å². The molecule has 1 atom stereocenters. The van der Waals surface area contributed by atoms with Gasteiger partial charge in [0.05, 0.1) is 0 Å². The van der Waals surface area contributed by atoms with Gasteiger partial charge < -0.3 is 5.32 Å². The molecule has 1 aliphatic rings. The molecule has 1 aliphatic heterocycles. The van der Waals surface area contributed by atoms with Crippen molar-refractivity contribution in [1.82, 2.24) is 10.2 Å². The maximum absolute atomic E-state index is 10.8. The fourth-order valence-electron chi connectivity index (χ4n) is 1.96. The molecule has 82 valence electrons. The Kier molecular flexibility index (Phi) is 4.94.